The van der Waals surface area contributed by atoms with Crippen molar-refractivity contribution in [2.24, 2.45) is 0 Å². The molecule has 198 valence electrons. The van der Waals surface area contributed by atoms with E-state index in [2.05, 4.69) is 10.6 Å². The van der Waals surface area contributed by atoms with Crippen molar-refractivity contribution in [2.75, 3.05) is 6.61 Å². The zero-order chi connectivity index (χ0) is 26.4. The highest BCUT2D eigenvalue weighted by Gasteiger charge is 2.56. The number of nitrogens with one attached hydrogen (secondary N) is 2. The zero-order valence-corrected chi connectivity index (χ0v) is 21.3. The van der Waals surface area contributed by atoms with E-state index in [4.69, 9.17) is 32.7 Å². The molecule has 0 aromatic heterocycles. The second kappa shape index (κ2) is 9.94. The van der Waals surface area contributed by atoms with Gasteiger partial charge in [0, 0.05) is 28.6 Å². The molecule has 0 radical (unpaired) electrons. The number of aliphatic hydroxyl groups is 2. The number of hydrogen-bond donors (Lipinski definition) is 4. The second-order valence-corrected chi connectivity index (χ2v) is 10.9. The van der Waals surface area contributed by atoms with Crippen molar-refractivity contribution in [3.05, 3.63) is 57.8 Å². The predicted octanol–water partition coefficient (Wildman–Crippen LogP) is 3.44. The Balaban J connectivity index is 1.17. The van der Waals surface area contributed by atoms with Crippen LogP contribution in [0, 0.1) is 5.82 Å². The van der Waals surface area contributed by atoms with Crippen LogP contribution in [-0.4, -0.2) is 51.9 Å². The number of fused-ring (bicyclic) bond motifs is 4. The standard InChI is InChI=1S/C26H27Cl2FN2O6/c27-14-1-4-20-16(9-14)19(32)11-21(37-20)24(35)31-26-7-5-25(6-8-26,12-22(26)33)30-23(34)13-36-15-2-3-17(28)18(29)10-15/h1-4,9-10,19,21-22,32-33H,5-8,11-13H2,(H,30,34)(H,31,35)/t19-,21-,22+,25?,26?/m1/s1. The number of hydrogen-bond acceptors (Lipinski definition) is 6. The van der Waals surface area contributed by atoms with Crippen molar-refractivity contribution in [3.8, 4) is 11.5 Å². The third kappa shape index (κ3) is 5.23. The lowest BCUT2D eigenvalue weighted by atomic mass is 9.59. The Morgan fingerprint density at radius 2 is 1.84 bits per heavy atom. The lowest BCUT2D eigenvalue weighted by Crippen LogP contribution is -2.71. The van der Waals surface area contributed by atoms with E-state index in [1.807, 2.05) is 0 Å². The van der Waals surface area contributed by atoms with Gasteiger partial charge in [-0.25, -0.2) is 4.39 Å². The van der Waals surface area contributed by atoms with Crippen LogP contribution < -0.4 is 20.1 Å². The summed E-state index contributed by atoms with van der Waals surface area (Å²) in [5.41, 5.74) is -0.918. The molecular formula is C26H27Cl2FN2O6. The van der Waals surface area contributed by atoms with Crippen LogP contribution in [0.5, 0.6) is 11.5 Å². The van der Waals surface area contributed by atoms with Gasteiger partial charge in [0.2, 0.25) is 0 Å². The van der Waals surface area contributed by atoms with Crippen molar-refractivity contribution in [2.45, 2.75) is 67.9 Å². The van der Waals surface area contributed by atoms with E-state index < -0.39 is 41.1 Å². The molecular weight excluding hydrogens is 526 g/mol. The number of aliphatic hydroxyl groups excluding tert-OH is 2. The molecule has 4 aliphatic rings. The molecule has 2 aromatic carbocycles. The molecule has 2 bridgehead atoms. The van der Waals surface area contributed by atoms with Gasteiger partial charge in [-0.2, -0.15) is 0 Å². The molecule has 6 rings (SSSR count). The Morgan fingerprint density at radius 1 is 1.08 bits per heavy atom. The number of benzene rings is 2. The molecule has 0 saturated heterocycles. The highest BCUT2D eigenvalue weighted by molar-refractivity contribution is 6.31. The molecule has 2 amide bonds. The molecule has 37 heavy (non-hydrogen) atoms. The number of amides is 2. The van der Waals surface area contributed by atoms with E-state index in [1.54, 1.807) is 18.2 Å². The van der Waals surface area contributed by atoms with Crippen LogP contribution in [-0.2, 0) is 9.59 Å². The monoisotopic (exact) mass is 552 g/mol. The first-order valence-electron chi connectivity index (χ1n) is 12.1. The summed E-state index contributed by atoms with van der Waals surface area (Å²) in [7, 11) is 0. The van der Waals surface area contributed by atoms with Crippen LogP contribution in [0.3, 0.4) is 0 Å². The molecule has 0 spiro atoms. The number of ether oxygens (including phenoxy) is 2. The van der Waals surface area contributed by atoms with Gasteiger partial charge in [0.05, 0.1) is 22.8 Å². The van der Waals surface area contributed by atoms with Gasteiger partial charge in [-0.1, -0.05) is 23.2 Å². The van der Waals surface area contributed by atoms with Crippen molar-refractivity contribution in [1.29, 1.82) is 0 Å². The largest absolute Gasteiger partial charge is 0.484 e. The van der Waals surface area contributed by atoms with Gasteiger partial charge in [-0.05, 0) is 62.4 Å². The van der Waals surface area contributed by atoms with E-state index in [-0.39, 0.29) is 36.1 Å². The number of rotatable bonds is 6. The van der Waals surface area contributed by atoms with Crippen molar-refractivity contribution >= 4 is 35.0 Å². The highest BCUT2D eigenvalue weighted by atomic mass is 35.5. The Morgan fingerprint density at radius 3 is 2.54 bits per heavy atom. The first kappa shape index (κ1) is 26.0. The summed E-state index contributed by atoms with van der Waals surface area (Å²) in [6.45, 7) is -0.311. The summed E-state index contributed by atoms with van der Waals surface area (Å²) in [5, 5.41) is 27.9. The van der Waals surface area contributed by atoms with E-state index >= 15 is 0 Å². The van der Waals surface area contributed by atoms with Crippen molar-refractivity contribution in [1.82, 2.24) is 10.6 Å². The second-order valence-electron chi connectivity index (χ2n) is 10.1. The Kier molecular flexibility index (Phi) is 7.00. The van der Waals surface area contributed by atoms with Gasteiger partial charge in [0.1, 0.15) is 17.3 Å². The average molecular weight is 553 g/mol. The van der Waals surface area contributed by atoms with Crippen LogP contribution in [0.4, 0.5) is 4.39 Å². The molecule has 1 aliphatic heterocycles. The minimum absolute atomic E-state index is 0.0365. The molecule has 2 aromatic rings. The van der Waals surface area contributed by atoms with E-state index in [9.17, 15) is 24.2 Å². The van der Waals surface area contributed by atoms with Gasteiger partial charge in [-0.3, -0.25) is 9.59 Å². The van der Waals surface area contributed by atoms with Crippen LogP contribution in [0.2, 0.25) is 10.0 Å². The van der Waals surface area contributed by atoms with E-state index in [0.717, 1.165) is 6.07 Å². The minimum atomic E-state index is -0.909. The third-order valence-corrected chi connectivity index (χ3v) is 8.23. The summed E-state index contributed by atoms with van der Waals surface area (Å²) in [6, 6.07) is 8.81. The van der Waals surface area contributed by atoms with Crippen molar-refractivity contribution < 1.29 is 33.7 Å². The smallest absolute Gasteiger partial charge is 0.261 e. The summed E-state index contributed by atoms with van der Waals surface area (Å²) < 4.78 is 24.8. The number of halogens is 3. The topological polar surface area (TPSA) is 117 Å². The summed E-state index contributed by atoms with van der Waals surface area (Å²) in [6.07, 6.45) is -0.309. The van der Waals surface area contributed by atoms with Gasteiger partial charge in [-0.15, -0.1) is 0 Å². The maximum atomic E-state index is 13.6. The quantitative estimate of drug-likeness (QED) is 0.436. The summed E-state index contributed by atoms with van der Waals surface area (Å²) in [5.74, 6) is -0.839. The molecule has 11 heteroatoms. The average Bonchev–Trinajstić information content (AvgIpc) is 2.86. The molecule has 3 atom stereocenters. The van der Waals surface area contributed by atoms with E-state index in [0.29, 0.717) is 42.0 Å². The van der Waals surface area contributed by atoms with Gasteiger partial charge >= 0.3 is 0 Å². The van der Waals surface area contributed by atoms with Crippen LogP contribution in [0.25, 0.3) is 0 Å². The normalized spacial score (nSPS) is 30.1. The molecule has 8 nitrogen and oxygen atoms in total. The predicted molar refractivity (Wildman–Crippen MR) is 133 cm³/mol. The third-order valence-electron chi connectivity index (χ3n) is 7.69. The Hall–Kier alpha value is -2.59. The number of carbonyl (C=O) groups excluding carboxylic acids is 2. The van der Waals surface area contributed by atoms with Crippen LogP contribution in [0.15, 0.2) is 36.4 Å². The molecule has 3 aliphatic carbocycles. The van der Waals surface area contributed by atoms with Gasteiger partial charge < -0.3 is 30.3 Å². The van der Waals surface area contributed by atoms with E-state index in [1.165, 1.54) is 12.1 Å². The Bertz CT molecular complexity index is 1220. The van der Waals surface area contributed by atoms with Gasteiger partial charge in [0.15, 0.2) is 12.7 Å². The summed E-state index contributed by atoms with van der Waals surface area (Å²) in [4.78, 5) is 25.7. The fraction of sp³-hybridized carbons (Fsp3) is 0.462. The zero-order valence-electron chi connectivity index (χ0n) is 19.8. The summed E-state index contributed by atoms with van der Waals surface area (Å²) >= 11 is 11.7. The fourth-order valence-electron chi connectivity index (χ4n) is 5.61. The molecule has 3 fully saturated rings. The SMILES string of the molecule is O=C(COc1ccc(Cl)c(F)c1)NC12CCC(NC(=O)[C@H]3C[C@@H](O)c4cc(Cl)ccc4O3)(CC1)[C@@H](O)C2. The highest BCUT2D eigenvalue weighted by Crippen LogP contribution is 2.47. The van der Waals surface area contributed by atoms with Crippen molar-refractivity contribution in [3.63, 3.8) is 0 Å². The molecule has 0 unspecified atom stereocenters. The maximum absolute atomic E-state index is 13.6. The molecule has 4 N–H and O–H groups in total. The lowest BCUT2D eigenvalue weighted by molar-refractivity contribution is -0.141. The number of carbonyl (C=O) groups is 2. The minimum Gasteiger partial charge on any atom is -0.484 e. The molecule has 3 saturated carbocycles. The van der Waals surface area contributed by atoms with Crippen LogP contribution >= 0.6 is 23.2 Å². The van der Waals surface area contributed by atoms with Crippen LogP contribution in [0.1, 0.15) is 50.2 Å². The first-order valence-corrected chi connectivity index (χ1v) is 12.9. The Labute approximate surface area is 223 Å². The lowest BCUT2D eigenvalue weighted by Gasteiger charge is -2.56. The van der Waals surface area contributed by atoms with Gasteiger partial charge in [0.25, 0.3) is 11.8 Å². The molecule has 1 heterocycles. The maximum Gasteiger partial charge on any atom is 0.261 e. The fourth-order valence-corrected chi connectivity index (χ4v) is 5.91. The first-order chi connectivity index (χ1) is 17.6.